The van der Waals surface area contributed by atoms with Crippen molar-refractivity contribution in [3.8, 4) is 6.07 Å². The predicted octanol–water partition coefficient (Wildman–Crippen LogP) is 1.35. The molecule has 1 atom stereocenters. The summed E-state index contributed by atoms with van der Waals surface area (Å²) in [5.74, 6) is 0. The van der Waals surface area contributed by atoms with Gasteiger partial charge in [0, 0.05) is 19.1 Å². The summed E-state index contributed by atoms with van der Waals surface area (Å²) >= 11 is 0. The maximum absolute atomic E-state index is 8.80. The SMILES string of the molecule is CN1CCC(NCc2cccc(C#N)c2)C1. The highest BCUT2D eigenvalue weighted by Gasteiger charge is 2.18. The first-order chi connectivity index (χ1) is 7.78. The second kappa shape index (κ2) is 5.11. The predicted molar refractivity (Wildman–Crippen MR) is 63.9 cm³/mol. The molecule has 1 N–H and O–H groups in total. The van der Waals surface area contributed by atoms with Crippen molar-refractivity contribution in [3.63, 3.8) is 0 Å². The van der Waals surface area contributed by atoms with Crippen LogP contribution in [0.25, 0.3) is 0 Å². The van der Waals surface area contributed by atoms with Crippen LogP contribution in [0.3, 0.4) is 0 Å². The van der Waals surface area contributed by atoms with E-state index in [1.54, 1.807) is 0 Å². The lowest BCUT2D eigenvalue weighted by atomic mass is 10.1. The summed E-state index contributed by atoms with van der Waals surface area (Å²) in [5, 5.41) is 12.3. The van der Waals surface area contributed by atoms with Gasteiger partial charge in [0.2, 0.25) is 0 Å². The van der Waals surface area contributed by atoms with Gasteiger partial charge in [-0.05, 0) is 37.7 Å². The van der Waals surface area contributed by atoms with Gasteiger partial charge in [-0.2, -0.15) is 5.26 Å². The van der Waals surface area contributed by atoms with Gasteiger partial charge in [0.25, 0.3) is 0 Å². The monoisotopic (exact) mass is 215 g/mol. The van der Waals surface area contributed by atoms with Gasteiger partial charge in [0.15, 0.2) is 0 Å². The Morgan fingerprint density at radius 3 is 3.12 bits per heavy atom. The Hall–Kier alpha value is -1.37. The summed E-state index contributed by atoms with van der Waals surface area (Å²) in [6, 6.07) is 10.6. The molecule has 1 aliphatic rings. The third-order valence-corrected chi connectivity index (χ3v) is 3.04. The van der Waals surface area contributed by atoms with Crippen LogP contribution in [0.1, 0.15) is 17.5 Å². The zero-order chi connectivity index (χ0) is 11.4. The lowest BCUT2D eigenvalue weighted by Crippen LogP contribution is -2.30. The smallest absolute Gasteiger partial charge is 0.0991 e. The largest absolute Gasteiger partial charge is 0.309 e. The highest BCUT2D eigenvalue weighted by atomic mass is 15.2. The minimum Gasteiger partial charge on any atom is -0.309 e. The van der Waals surface area contributed by atoms with E-state index >= 15 is 0 Å². The Bertz CT molecular complexity index is 394. The van der Waals surface area contributed by atoms with E-state index in [0.29, 0.717) is 6.04 Å². The summed E-state index contributed by atoms with van der Waals surface area (Å²) in [6.45, 7) is 3.15. The number of likely N-dealkylation sites (N-methyl/N-ethyl adjacent to an activating group) is 1. The number of nitriles is 1. The highest BCUT2D eigenvalue weighted by molar-refractivity contribution is 5.32. The molecule has 2 rings (SSSR count). The summed E-state index contributed by atoms with van der Waals surface area (Å²) in [4.78, 5) is 2.34. The van der Waals surface area contributed by atoms with Gasteiger partial charge in [0.1, 0.15) is 0 Å². The molecular weight excluding hydrogens is 198 g/mol. The Balaban J connectivity index is 1.87. The van der Waals surface area contributed by atoms with E-state index in [2.05, 4.69) is 29.4 Å². The van der Waals surface area contributed by atoms with E-state index < -0.39 is 0 Å². The quantitative estimate of drug-likeness (QED) is 0.827. The fourth-order valence-corrected chi connectivity index (χ4v) is 2.11. The minimum atomic E-state index is 0.593. The molecule has 0 aromatic heterocycles. The Kier molecular flexibility index (Phi) is 3.55. The van der Waals surface area contributed by atoms with Crippen LogP contribution in [0, 0.1) is 11.3 Å². The molecule has 1 heterocycles. The van der Waals surface area contributed by atoms with E-state index in [4.69, 9.17) is 5.26 Å². The van der Waals surface area contributed by atoms with Crippen molar-refractivity contribution in [2.75, 3.05) is 20.1 Å². The van der Waals surface area contributed by atoms with Crippen LogP contribution in [0.2, 0.25) is 0 Å². The number of hydrogen-bond acceptors (Lipinski definition) is 3. The summed E-state index contributed by atoms with van der Waals surface area (Å²) in [6.07, 6.45) is 1.22. The molecule has 3 heteroatoms. The Labute approximate surface area is 96.7 Å². The molecule has 1 aromatic rings. The fourth-order valence-electron chi connectivity index (χ4n) is 2.11. The molecule has 0 amide bonds. The molecule has 0 saturated carbocycles. The van der Waals surface area contributed by atoms with Gasteiger partial charge in [-0.3, -0.25) is 0 Å². The van der Waals surface area contributed by atoms with Gasteiger partial charge in [0.05, 0.1) is 11.6 Å². The maximum Gasteiger partial charge on any atom is 0.0991 e. The van der Waals surface area contributed by atoms with Gasteiger partial charge >= 0.3 is 0 Å². The number of nitrogens with one attached hydrogen (secondary N) is 1. The molecule has 0 spiro atoms. The minimum absolute atomic E-state index is 0.593. The van der Waals surface area contributed by atoms with Crippen molar-refractivity contribution < 1.29 is 0 Å². The van der Waals surface area contributed by atoms with Gasteiger partial charge in [-0.25, -0.2) is 0 Å². The maximum atomic E-state index is 8.80. The van der Waals surface area contributed by atoms with E-state index in [1.807, 2.05) is 18.2 Å². The average Bonchev–Trinajstić information content (AvgIpc) is 2.73. The van der Waals surface area contributed by atoms with E-state index in [1.165, 1.54) is 18.5 Å². The molecule has 84 valence electrons. The van der Waals surface area contributed by atoms with Gasteiger partial charge in [-0.15, -0.1) is 0 Å². The molecule has 1 aliphatic heterocycles. The van der Waals surface area contributed by atoms with Crippen molar-refractivity contribution in [1.29, 1.82) is 5.26 Å². The van der Waals surface area contributed by atoms with Gasteiger partial charge in [-0.1, -0.05) is 12.1 Å². The van der Waals surface area contributed by atoms with E-state index in [9.17, 15) is 0 Å². The molecule has 0 aliphatic carbocycles. The zero-order valence-corrected chi connectivity index (χ0v) is 9.61. The third-order valence-electron chi connectivity index (χ3n) is 3.04. The molecule has 16 heavy (non-hydrogen) atoms. The summed E-state index contributed by atoms with van der Waals surface area (Å²) in [7, 11) is 2.15. The lowest BCUT2D eigenvalue weighted by molar-refractivity contribution is 0.397. The van der Waals surface area contributed by atoms with Crippen molar-refractivity contribution >= 4 is 0 Å². The van der Waals surface area contributed by atoms with Crippen LogP contribution in [0.4, 0.5) is 0 Å². The average molecular weight is 215 g/mol. The molecular formula is C13H17N3. The topological polar surface area (TPSA) is 39.1 Å². The second-order valence-corrected chi connectivity index (χ2v) is 4.44. The number of rotatable bonds is 3. The molecule has 1 fully saturated rings. The Morgan fingerprint density at radius 1 is 1.56 bits per heavy atom. The van der Waals surface area contributed by atoms with Crippen molar-refractivity contribution in [3.05, 3.63) is 35.4 Å². The molecule has 1 aromatic carbocycles. The highest BCUT2D eigenvalue weighted by Crippen LogP contribution is 2.08. The molecule has 3 nitrogen and oxygen atoms in total. The van der Waals surface area contributed by atoms with E-state index in [-0.39, 0.29) is 0 Å². The second-order valence-electron chi connectivity index (χ2n) is 4.44. The number of nitrogens with zero attached hydrogens (tertiary/aromatic N) is 2. The first-order valence-corrected chi connectivity index (χ1v) is 5.69. The third kappa shape index (κ3) is 2.82. The van der Waals surface area contributed by atoms with Crippen molar-refractivity contribution in [2.24, 2.45) is 0 Å². The molecule has 0 radical (unpaired) electrons. The lowest BCUT2D eigenvalue weighted by Gasteiger charge is -2.12. The van der Waals surface area contributed by atoms with Crippen LogP contribution in [0.15, 0.2) is 24.3 Å². The summed E-state index contributed by atoms with van der Waals surface area (Å²) < 4.78 is 0. The van der Waals surface area contributed by atoms with E-state index in [0.717, 1.165) is 18.7 Å². The molecule has 0 bridgehead atoms. The van der Waals surface area contributed by atoms with Crippen LogP contribution in [0.5, 0.6) is 0 Å². The normalized spacial score (nSPS) is 20.9. The first-order valence-electron chi connectivity index (χ1n) is 5.69. The number of likely N-dealkylation sites (tertiary alicyclic amines) is 1. The summed E-state index contributed by atoms with van der Waals surface area (Å²) in [5.41, 5.74) is 1.93. The standard InChI is InChI=1S/C13H17N3/c1-16-6-5-13(10-16)15-9-12-4-2-3-11(7-12)8-14/h2-4,7,13,15H,5-6,9-10H2,1H3. The van der Waals surface area contributed by atoms with Crippen LogP contribution < -0.4 is 5.32 Å². The number of hydrogen-bond donors (Lipinski definition) is 1. The van der Waals surface area contributed by atoms with Crippen molar-refractivity contribution in [2.45, 2.75) is 19.0 Å². The van der Waals surface area contributed by atoms with Gasteiger partial charge < -0.3 is 10.2 Å². The van der Waals surface area contributed by atoms with Crippen LogP contribution in [-0.4, -0.2) is 31.1 Å². The number of benzene rings is 1. The Morgan fingerprint density at radius 2 is 2.44 bits per heavy atom. The molecule has 1 unspecified atom stereocenters. The fraction of sp³-hybridized carbons (Fsp3) is 0.462. The van der Waals surface area contributed by atoms with Crippen LogP contribution >= 0.6 is 0 Å². The molecule has 1 saturated heterocycles. The van der Waals surface area contributed by atoms with Crippen LogP contribution in [-0.2, 0) is 6.54 Å². The van der Waals surface area contributed by atoms with Crippen molar-refractivity contribution in [1.82, 2.24) is 10.2 Å². The zero-order valence-electron chi connectivity index (χ0n) is 9.61. The first kappa shape index (κ1) is 11.1.